The minimum absolute atomic E-state index is 0.209. The van der Waals surface area contributed by atoms with E-state index in [2.05, 4.69) is 37.0 Å². The highest BCUT2D eigenvalue weighted by Crippen LogP contribution is 2.24. The van der Waals surface area contributed by atoms with Crippen LogP contribution >= 0.6 is 22.9 Å². The molecule has 1 aromatic carbocycles. The molecule has 0 aliphatic rings. The zero-order valence-corrected chi connectivity index (χ0v) is 11.2. The van der Waals surface area contributed by atoms with Gasteiger partial charge in [-0.1, -0.05) is 26.0 Å². The maximum absolute atomic E-state index is 6.30. The standard InChI is InChI=1S/C13H16ClNS/c1-9(2)7-10(14)8-13-15-11-5-3-4-6-12(11)16-13/h3-6,9-10H,7-8H2,1-2H3. The van der Waals surface area contributed by atoms with Gasteiger partial charge in [-0.25, -0.2) is 4.98 Å². The summed E-state index contributed by atoms with van der Waals surface area (Å²) in [5.41, 5.74) is 1.09. The lowest BCUT2D eigenvalue weighted by atomic mass is 10.1. The number of para-hydroxylation sites is 1. The third kappa shape index (κ3) is 2.96. The molecule has 0 N–H and O–H groups in total. The third-order valence-electron chi connectivity index (χ3n) is 2.46. The first-order chi connectivity index (χ1) is 7.65. The number of alkyl halides is 1. The minimum atomic E-state index is 0.209. The van der Waals surface area contributed by atoms with Crippen molar-refractivity contribution in [3.05, 3.63) is 29.3 Å². The van der Waals surface area contributed by atoms with E-state index in [4.69, 9.17) is 11.6 Å². The number of thiazole rings is 1. The molecule has 0 bridgehead atoms. The van der Waals surface area contributed by atoms with Crippen LogP contribution in [0.5, 0.6) is 0 Å². The van der Waals surface area contributed by atoms with Crippen LogP contribution in [0.1, 0.15) is 25.3 Å². The molecular weight excluding hydrogens is 238 g/mol. The Morgan fingerprint density at radius 1 is 1.31 bits per heavy atom. The van der Waals surface area contributed by atoms with E-state index >= 15 is 0 Å². The molecule has 0 aliphatic carbocycles. The summed E-state index contributed by atoms with van der Waals surface area (Å²) in [6, 6.07) is 8.25. The van der Waals surface area contributed by atoms with E-state index in [0.29, 0.717) is 5.92 Å². The van der Waals surface area contributed by atoms with Gasteiger partial charge in [-0.05, 0) is 24.5 Å². The molecule has 16 heavy (non-hydrogen) atoms. The predicted molar refractivity (Wildman–Crippen MR) is 72.4 cm³/mol. The second-order valence-electron chi connectivity index (χ2n) is 4.51. The molecule has 1 atom stereocenters. The molecule has 0 amide bonds. The van der Waals surface area contributed by atoms with Gasteiger partial charge in [0.25, 0.3) is 0 Å². The van der Waals surface area contributed by atoms with E-state index in [0.717, 1.165) is 23.4 Å². The van der Waals surface area contributed by atoms with Gasteiger partial charge in [-0.2, -0.15) is 0 Å². The monoisotopic (exact) mass is 253 g/mol. The van der Waals surface area contributed by atoms with Gasteiger partial charge < -0.3 is 0 Å². The van der Waals surface area contributed by atoms with E-state index in [9.17, 15) is 0 Å². The van der Waals surface area contributed by atoms with Crippen LogP contribution in [0.25, 0.3) is 10.2 Å². The van der Waals surface area contributed by atoms with Crippen molar-refractivity contribution in [2.75, 3.05) is 0 Å². The number of aromatic nitrogens is 1. The number of fused-ring (bicyclic) bond motifs is 1. The van der Waals surface area contributed by atoms with Gasteiger partial charge in [0.2, 0.25) is 0 Å². The number of halogens is 1. The summed E-state index contributed by atoms with van der Waals surface area (Å²) in [5.74, 6) is 0.650. The second-order valence-corrected chi connectivity index (χ2v) is 6.24. The largest absolute Gasteiger partial charge is 0.241 e. The number of hydrogen-bond acceptors (Lipinski definition) is 2. The average Bonchev–Trinajstić information content (AvgIpc) is 2.57. The maximum atomic E-state index is 6.30. The van der Waals surface area contributed by atoms with E-state index in [-0.39, 0.29) is 5.38 Å². The molecular formula is C13H16ClNS. The van der Waals surface area contributed by atoms with Gasteiger partial charge in [-0.3, -0.25) is 0 Å². The van der Waals surface area contributed by atoms with Crippen molar-refractivity contribution in [1.82, 2.24) is 4.98 Å². The molecule has 1 unspecified atom stereocenters. The molecule has 0 fully saturated rings. The summed E-state index contributed by atoms with van der Waals surface area (Å²) in [4.78, 5) is 4.59. The molecule has 0 radical (unpaired) electrons. The summed E-state index contributed by atoms with van der Waals surface area (Å²) in [7, 11) is 0. The van der Waals surface area contributed by atoms with Crippen LogP contribution < -0.4 is 0 Å². The lowest BCUT2D eigenvalue weighted by Gasteiger charge is -2.09. The van der Waals surface area contributed by atoms with Crippen LogP contribution in [0.2, 0.25) is 0 Å². The van der Waals surface area contributed by atoms with Gasteiger partial charge in [-0.15, -0.1) is 22.9 Å². The molecule has 0 aliphatic heterocycles. The fourth-order valence-corrected chi connectivity index (χ4v) is 3.43. The van der Waals surface area contributed by atoms with Crippen molar-refractivity contribution in [2.24, 2.45) is 5.92 Å². The van der Waals surface area contributed by atoms with Crippen molar-refractivity contribution >= 4 is 33.2 Å². The lowest BCUT2D eigenvalue weighted by molar-refractivity contribution is 0.561. The van der Waals surface area contributed by atoms with Crippen LogP contribution in [-0.4, -0.2) is 10.4 Å². The molecule has 86 valence electrons. The summed E-state index contributed by atoms with van der Waals surface area (Å²) in [6.07, 6.45) is 1.94. The van der Waals surface area contributed by atoms with Gasteiger partial charge in [0.1, 0.15) is 0 Å². The van der Waals surface area contributed by atoms with Crippen molar-refractivity contribution in [3.8, 4) is 0 Å². The van der Waals surface area contributed by atoms with E-state index in [1.54, 1.807) is 11.3 Å². The highest BCUT2D eigenvalue weighted by atomic mass is 35.5. The van der Waals surface area contributed by atoms with Crippen molar-refractivity contribution in [2.45, 2.75) is 32.1 Å². The fraction of sp³-hybridized carbons (Fsp3) is 0.462. The summed E-state index contributed by atoms with van der Waals surface area (Å²) in [5, 5.41) is 1.36. The van der Waals surface area contributed by atoms with Crippen LogP contribution in [0.15, 0.2) is 24.3 Å². The first-order valence-corrected chi connectivity index (χ1v) is 6.89. The highest BCUT2D eigenvalue weighted by molar-refractivity contribution is 7.18. The molecule has 0 saturated heterocycles. The zero-order chi connectivity index (χ0) is 11.5. The van der Waals surface area contributed by atoms with E-state index in [1.807, 2.05) is 6.07 Å². The van der Waals surface area contributed by atoms with Crippen LogP contribution in [0.3, 0.4) is 0 Å². The fourth-order valence-electron chi connectivity index (χ4n) is 1.79. The Balaban J connectivity index is 2.09. The first-order valence-electron chi connectivity index (χ1n) is 5.63. The number of benzene rings is 1. The van der Waals surface area contributed by atoms with Crippen LogP contribution in [0, 0.1) is 5.92 Å². The first kappa shape index (κ1) is 11.9. The second kappa shape index (κ2) is 5.15. The Kier molecular flexibility index (Phi) is 3.82. The van der Waals surface area contributed by atoms with Gasteiger partial charge in [0, 0.05) is 11.8 Å². The summed E-state index contributed by atoms with van der Waals surface area (Å²) in [6.45, 7) is 4.40. The van der Waals surface area contributed by atoms with Crippen LogP contribution in [-0.2, 0) is 6.42 Å². The SMILES string of the molecule is CC(C)CC(Cl)Cc1nc2ccccc2s1. The van der Waals surface area contributed by atoms with Crippen molar-refractivity contribution in [1.29, 1.82) is 0 Å². The van der Waals surface area contributed by atoms with Crippen LogP contribution in [0.4, 0.5) is 0 Å². The van der Waals surface area contributed by atoms with Crippen molar-refractivity contribution in [3.63, 3.8) is 0 Å². The maximum Gasteiger partial charge on any atom is 0.0953 e. The molecule has 1 aromatic heterocycles. The molecule has 1 nitrogen and oxygen atoms in total. The Hall–Kier alpha value is -0.600. The molecule has 0 spiro atoms. The number of hydrogen-bond donors (Lipinski definition) is 0. The Labute approximate surface area is 105 Å². The zero-order valence-electron chi connectivity index (χ0n) is 9.61. The van der Waals surface area contributed by atoms with Crippen molar-refractivity contribution < 1.29 is 0 Å². The molecule has 0 saturated carbocycles. The Morgan fingerprint density at radius 3 is 2.75 bits per heavy atom. The molecule has 2 rings (SSSR count). The van der Waals surface area contributed by atoms with E-state index in [1.165, 1.54) is 4.70 Å². The smallest absolute Gasteiger partial charge is 0.0953 e. The van der Waals surface area contributed by atoms with Gasteiger partial charge in [0.15, 0.2) is 0 Å². The van der Waals surface area contributed by atoms with Gasteiger partial charge in [0.05, 0.1) is 15.2 Å². The predicted octanol–water partition coefficient (Wildman–Crippen LogP) is 4.49. The van der Waals surface area contributed by atoms with Gasteiger partial charge >= 0.3 is 0 Å². The number of rotatable bonds is 4. The summed E-state index contributed by atoms with van der Waals surface area (Å²) >= 11 is 8.06. The molecule has 3 heteroatoms. The quantitative estimate of drug-likeness (QED) is 0.732. The molecule has 1 heterocycles. The van der Waals surface area contributed by atoms with E-state index < -0.39 is 0 Å². The Morgan fingerprint density at radius 2 is 2.06 bits per heavy atom. The topological polar surface area (TPSA) is 12.9 Å². The third-order valence-corrected chi connectivity index (χ3v) is 3.85. The highest BCUT2D eigenvalue weighted by Gasteiger charge is 2.11. The average molecular weight is 254 g/mol. The lowest BCUT2D eigenvalue weighted by Crippen LogP contribution is -2.06. The normalized spacial score (nSPS) is 13.5. The summed E-state index contributed by atoms with van der Waals surface area (Å²) < 4.78 is 1.26. The molecule has 2 aromatic rings. The number of nitrogens with zero attached hydrogens (tertiary/aromatic N) is 1. The minimum Gasteiger partial charge on any atom is -0.241 e. The Bertz CT molecular complexity index is 431.